The molecule has 4 nitrogen and oxygen atoms in total. The number of halogens is 1. The molecule has 0 aliphatic carbocycles. The molecule has 0 saturated carbocycles. The van der Waals surface area contributed by atoms with Gasteiger partial charge in [-0.25, -0.2) is 4.98 Å². The molecule has 1 aromatic carbocycles. The molecule has 104 valence electrons. The Bertz CT molecular complexity index is 694. The lowest BCUT2D eigenvalue weighted by Gasteiger charge is -2.08. The fourth-order valence-corrected chi connectivity index (χ4v) is 3.15. The van der Waals surface area contributed by atoms with Crippen molar-refractivity contribution < 1.29 is 4.74 Å². The molecular weight excluding hydrogens is 338 g/mol. The molecule has 0 bridgehead atoms. The third-order valence-electron chi connectivity index (χ3n) is 2.96. The van der Waals surface area contributed by atoms with Crippen molar-refractivity contribution in [2.45, 2.75) is 13.0 Å². The van der Waals surface area contributed by atoms with Crippen LogP contribution in [0.3, 0.4) is 0 Å². The summed E-state index contributed by atoms with van der Waals surface area (Å²) in [5.41, 5.74) is 7.70. The van der Waals surface area contributed by atoms with E-state index in [9.17, 15) is 0 Å². The van der Waals surface area contributed by atoms with Gasteiger partial charge in [0.1, 0.15) is 12.4 Å². The quantitative estimate of drug-likeness (QED) is 0.767. The van der Waals surface area contributed by atoms with E-state index in [1.807, 2.05) is 40.4 Å². The van der Waals surface area contributed by atoms with Gasteiger partial charge in [0, 0.05) is 22.2 Å². The smallest absolute Gasteiger partial charge is 0.193 e. The van der Waals surface area contributed by atoms with Crippen LogP contribution in [0, 0.1) is 0 Å². The van der Waals surface area contributed by atoms with Gasteiger partial charge in [0.05, 0.1) is 5.69 Å². The van der Waals surface area contributed by atoms with Crippen LogP contribution in [-0.4, -0.2) is 15.9 Å². The van der Waals surface area contributed by atoms with Gasteiger partial charge in [-0.15, -0.1) is 11.3 Å². The average Bonchev–Trinajstić information content (AvgIpc) is 3.01. The predicted octanol–water partition coefficient (Wildman–Crippen LogP) is 3.24. The standard InChI is InChI=1S/C14H14BrN3OS/c15-13-2-1-12(7-10(13)3-4-16)19-9-11-8-18-5-6-20-14(18)17-11/h1-2,5-8H,3-4,9,16H2. The number of hydrogen-bond acceptors (Lipinski definition) is 4. The van der Waals surface area contributed by atoms with E-state index in [-0.39, 0.29) is 0 Å². The Morgan fingerprint density at radius 1 is 1.40 bits per heavy atom. The number of fused-ring (bicyclic) bond motifs is 1. The number of ether oxygens (including phenoxy) is 1. The van der Waals surface area contributed by atoms with Crippen molar-refractivity contribution in [1.82, 2.24) is 9.38 Å². The fourth-order valence-electron chi connectivity index (χ4n) is 1.99. The van der Waals surface area contributed by atoms with Gasteiger partial charge in [0.15, 0.2) is 4.96 Å². The second kappa shape index (κ2) is 5.95. The molecule has 20 heavy (non-hydrogen) atoms. The number of benzene rings is 1. The lowest BCUT2D eigenvalue weighted by molar-refractivity contribution is 0.301. The largest absolute Gasteiger partial charge is 0.487 e. The highest BCUT2D eigenvalue weighted by Gasteiger charge is 2.05. The Morgan fingerprint density at radius 2 is 2.30 bits per heavy atom. The molecule has 0 spiro atoms. The van der Waals surface area contributed by atoms with Gasteiger partial charge < -0.3 is 10.5 Å². The van der Waals surface area contributed by atoms with Gasteiger partial charge in [-0.05, 0) is 36.7 Å². The van der Waals surface area contributed by atoms with Crippen LogP contribution in [0.15, 0.2) is 40.4 Å². The third-order valence-corrected chi connectivity index (χ3v) is 4.51. The molecule has 3 rings (SSSR count). The first-order chi connectivity index (χ1) is 9.76. The first kappa shape index (κ1) is 13.6. The van der Waals surface area contributed by atoms with Crippen molar-refractivity contribution in [3.63, 3.8) is 0 Å². The summed E-state index contributed by atoms with van der Waals surface area (Å²) in [6, 6.07) is 5.96. The van der Waals surface area contributed by atoms with Crippen molar-refractivity contribution in [3.05, 3.63) is 51.7 Å². The molecule has 0 atom stereocenters. The zero-order chi connectivity index (χ0) is 13.9. The molecule has 0 saturated heterocycles. The topological polar surface area (TPSA) is 52.5 Å². The van der Waals surface area contributed by atoms with Crippen LogP contribution in [0.2, 0.25) is 0 Å². The number of aromatic nitrogens is 2. The predicted molar refractivity (Wildman–Crippen MR) is 84.3 cm³/mol. The van der Waals surface area contributed by atoms with E-state index >= 15 is 0 Å². The van der Waals surface area contributed by atoms with Crippen LogP contribution in [0.1, 0.15) is 11.3 Å². The highest BCUT2D eigenvalue weighted by atomic mass is 79.9. The molecule has 3 aromatic rings. The van der Waals surface area contributed by atoms with Gasteiger partial charge in [-0.1, -0.05) is 15.9 Å². The minimum Gasteiger partial charge on any atom is -0.487 e. The highest BCUT2D eigenvalue weighted by molar-refractivity contribution is 9.10. The van der Waals surface area contributed by atoms with Gasteiger partial charge in [-0.2, -0.15) is 0 Å². The van der Waals surface area contributed by atoms with Crippen LogP contribution >= 0.6 is 27.3 Å². The Kier molecular flexibility index (Phi) is 4.05. The minimum atomic E-state index is 0.470. The monoisotopic (exact) mass is 351 g/mol. The van der Waals surface area contributed by atoms with E-state index in [0.29, 0.717) is 13.2 Å². The minimum absolute atomic E-state index is 0.470. The zero-order valence-electron chi connectivity index (χ0n) is 10.8. The van der Waals surface area contributed by atoms with Crippen LogP contribution in [-0.2, 0) is 13.0 Å². The fraction of sp³-hybridized carbons (Fsp3) is 0.214. The molecule has 6 heteroatoms. The number of hydrogen-bond donors (Lipinski definition) is 1. The second-order valence-electron chi connectivity index (χ2n) is 4.41. The number of imidazole rings is 1. The van der Waals surface area contributed by atoms with Crippen LogP contribution in [0.4, 0.5) is 0 Å². The molecule has 0 radical (unpaired) electrons. The van der Waals surface area contributed by atoms with Gasteiger partial charge in [0.25, 0.3) is 0 Å². The summed E-state index contributed by atoms with van der Waals surface area (Å²) in [6.45, 7) is 1.09. The van der Waals surface area contributed by atoms with Crippen molar-refractivity contribution >= 4 is 32.2 Å². The van der Waals surface area contributed by atoms with E-state index < -0.39 is 0 Å². The van der Waals surface area contributed by atoms with Crippen LogP contribution < -0.4 is 10.5 Å². The van der Waals surface area contributed by atoms with Gasteiger partial charge in [0.2, 0.25) is 0 Å². The Morgan fingerprint density at radius 3 is 3.10 bits per heavy atom. The van der Waals surface area contributed by atoms with Crippen molar-refractivity contribution in [1.29, 1.82) is 0 Å². The Labute approximate surface area is 129 Å². The normalized spacial score (nSPS) is 11.1. The molecule has 2 aromatic heterocycles. The van der Waals surface area contributed by atoms with Crippen LogP contribution in [0.5, 0.6) is 5.75 Å². The summed E-state index contributed by atoms with van der Waals surface area (Å²) in [7, 11) is 0. The third kappa shape index (κ3) is 2.87. The first-order valence-electron chi connectivity index (χ1n) is 6.28. The maximum Gasteiger partial charge on any atom is 0.193 e. The molecular formula is C14H14BrN3OS. The van der Waals surface area contributed by atoms with Gasteiger partial charge >= 0.3 is 0 Å². The van der Waals surface area contributed by atoms with Crippen molar-refractivity contribution in [2.75, 3.05) is 6.54 Å². The maximum atomic E-state index is 5.80. The summed E-state index contributed by atoms with van der Waals surface area (Å²) in [4.78, 5) is 5.48. The van der Waals surface area contributed by atoms with E-state index in [1.54, 1.807) is 11.3 Å². The van der Waals surface area contributed by atoms with E-state index in [2.05, 4.69) is 20.9 Å². The number of nitrogens with zero attached hydrogens (tertiary/aromatic N) is 2. The summed E-state index contributed by atoms with van der Waals surface area (Å²) in [5.74, 6) is 0.841. The van der Waals surface area contributed by atoms with Crippen molar-refractivity contribution in [3.8, 4) is 5.75 Å². The molecule has 0 amide bonds. The molecule has 0 aliphatic rings. The molecule has 2 N–H and O–H groups in total. The number of thiazole rings is 1. The van der Waals surface area contributed by atoms with Gasteiger partial charge in [-0.3, -0.25) is 4.40 Å². The molecule has 0 unspecified atom stereocenters. The highest BCUT2D eigenvalue weighted by Crippen LogP contribution is 2.23. The maximum absolute atomic E-state index is 5.80. The Hall–Kier alpha value is -1.37. The first-order valence-corrected chi connectivity index (χ1v) is 7.96. The summed E-state index contributed by atoms with van der Waals surface area (Å²) < 4.78 is 8.87. The average molecular weight is 352 g/mol. The molecule has 0 aliphatic heterocycles. The zero-order valence-corrected chi connectivity index (χ0v) is 13.2. The Balaban J connectivity index is 1.71. The summed E-state index contributed by atoms with van der Waals surface area (Å²) in [5, 5.41) is 2.01. The van der Waals surface area contributed by atoms with Crippen molar-refractivity contribution in [2.24, 2.45) is 5.73 Å². The van der Waals surface area contributed by atoms with E-state index in [4.69, 9.17) is 10.5 Å². The molecule has 0 fully saturated rings. The van der Waals surface area contributed by atoms with E-state index in [0.717, 1.165) is 32.9 Å². The summed E-state index contributed by atoms with van der Waals surface area (Å²) in [6.07, 6.45) is 4.82. The number of rotatable bonds is 5. The summed E-state index contributed by atoms with van der Waals surface area (Å²) >= 11 is 5.14. The number of nitrogens with two attached hydrogens (primary N) is 1. The second-order valence-corrected chi connectivity index (χ2v) is 6.13. The van der Waals surface area contributed by atoms with Crippen LogP contribution in [0.25, 0.3) is 4.96 Å². The lowest BCUT2D eigenvalue weighted by atomic mass is 10.1. The lowest BCUT2D eigenvalue weighted by Crippen LogP contribution is -2.04. The van der Waals surface area contributed by atoms with E-state index in [1.165, 1.54) is 0 Å². The molecule has 2 heterocycles. The SMILES string of the molecule is NCCc1cc(OCc2cn3ccsc3n2)ccc1Br.